The van der Waals surface area contributed by atoms with Crippen molar-refractivity contribution in [3.63, 3.8) is 0 Å². The SMILES string of the molecule is O=C(NCc1ccc2c(c1)OCO2)O[N+](=O)[O-]. The topological polar surface area (TPSA) is 99.9 Å². The molecule has 0 bridgehead atoms. The fourth-order valence-electron chi connectivity index (χ4n) is 1.33. The van der Waals surface area contributed by atoms with Gasteiger partial charge in [0.05, 0.1) is 0 Å². The van der Waals surface area contributed by atoms with Crippen LogP contribution >= 0.6 is 0 Å². The molecule has 0 aliphatic carbocycles. The number of hydrogen-bond donors (Lipinski definition) is 1. The van der Waals surface area contributed by atoms with Crippen molar-refractivity contribution in [2.45, 2.75) is 6.54 Å². The normalized spacial score (nSPS) is 12.0. The minimum Gasteiger partial charge on any atom is -0.454 e. The highest BCUT2D eigenvalue weighted by atomic mass is 17.0. The molecule has 1 amide bonds. The molecule has 1 aromatic rings. The van der Waals surface area contributed by atoms with E-state index in [4.69, 9.17) is 9.47 Å². The second-order valence-corrected chi connectivity index (χ2v) is 3.14. The van der Waals surface area contributed by atoms with Crippen molar-refractivity contribution in [2.75, 3.05) is 6.79 Å². The van der Waals surface area contributed by atoms with Crippen molar-refractivity contribution in [3.05, 3.63) is 33.9 Å². The molecule has 1 aromatic carbocycles. The summed E-state index contributed by atoms with van der Waals surface area (Å²) in [5.74, 6) is 1.20. The quantitative estimate of drug-likeness (QED) is 0.620. The molecule has 2 rings (SSSR count). The van der Waals surface area contributed by atoms with Crippen LogP contribution in [0, 0.1) is 10.1 Å². The maximum absolute atomic E-state index is 10.8. The molecular weight excluding hydrogens is 232 g/mol. The van der Waals surface area contributed by atoms with Crippen LogP contribution in [0.1, 0.15) is 5.56 Å². The molecule has 0 fully saturated rings. The van der Waals surface area contributed by atoms with Gasteiger partial charge >= 0.3 is 11.2 Å². The molecule has 0 aromatic heterocycles. The van der Waals surface area contributed by atoms with Gasteiger partial charge in [0.15, 0.2) is 11.5 Å². The first-order valence-electron chi connectivity index (χ1n) is 4.64. The van der Waals surface area contributed by atoms with E-state index in [1.165, 1.54) is 0 Å². The standard InChI is InChI=1S/C9H8N2O6/c12-9(17-11(13)14)10-4-6-1-2-7-8(3-6)16-5-15-7/h1-3H,4-5H2,(H,10,12). The molecule has 8 nitrogen and oxygen atoms in total. The fourth-order valence-corrected chi connectivity index (χ4v) is 1.33. The second-order valence-electron chi connectivity index (χ2n) is 3.14. The van der Waals surface area contributed by atoms with Crippen LogP contribution in [0.25, 0.3) is 0 Å². The molecule has 1 N–H and O–H groups in total. The monoisotopic (exact) mass is 240 g/mol. The van der Waals surface area contributed by atoms with Crippen LogP contribution in [0.3, 0.4) is 0 Å². The lowest BCUT2D eigenvalue weighted by Gasteiger charge is -2.04. The summed E-state index contributed by atoms with van der Waals surface area (Å²) in [6.45, 7) is 0.263. The molecule has 0 spiro atoms. The minimum atomic E-state index is -1.17. The van der Waals surface area contributed by atoms with Crippen LogP contribution in [0.2, 0.25) is 0 Å². The number of hydrogen-bond acceptors (Lipinski definition) is 6. The van der Waals surface area contributed by atoms with Crippen LogP contribution in [-0.2, 0) is 11.4 Å². The summed E-state index contributed by atoms with van der Waals surface area (Å²) in [4.78, 5) is 24.4. The predicted molar refractivity (Wildman–Crippen MR) is 52.9 cm³/mol. The Balaban J connectivity index is 1.91. The molecule has 0 saturated carbocycles. The largest absolute Gasteiger partial charge is 0.454 e. The molecule has 1 heterocycles. The first kappa shape index (κ1) is 11.0. The summed E-state index contributed by atoms with van der Waals surface area (Å²) in [5, 5.41) is 10.9. The number of carbonyl (C=O) groups excluding carboxylic acids is 1. The summed E-state index contributed by atoms with van der Waals surface area (Å²) in [6, 6.07) is 5.08. The lowest BCUT2D eigenvalue weighted by atomic mass is 10.2. The summed E-state index contributed by atoms with van der Waals surface area (Å²) in [6.07, 6.45) is -1.12. The van der Waals surface area contributed by atoms with Crippen molar-refractivity contribution >= 4 is 6.09 Å². The Morgan fingerprint density at radius 1 is 1.47 bits per heavy atom. The molecule has 1 aliphatic heterocycles. The van der Waals surface area contributed by atoms with Crippen molar-refractivity contribution in [2.24, 2.45) is 0 Å². The van der Waals surface area contributed by atoms with Gasteiger partial charge in [-0.15, -0.1) is 10.1 Å². The highest BCUT2D eigenvalue weighted by Crippen LogP contribution is 2.32. The lowest BCUT2D eigenvalue weighted by Crippen LogP contribution is -2.25. The van der Waals surface area contributed by atoms with Crippen molar-refractivity contribution < 1.29 is 24.2 Å². The maximum Gasteiger partial charge on any atom is 0.396 e. The van der Waals surface area contributed by atoms with Crippen LogP contribution in [0.5, 0.6) is 11.5 Å². The molecule has 0 atom stereocenters. The average molecular weight is 240 g/mol. The number of ether oxygens (including phenoxy) is 2. The van der Waals surface area contributed by atoms with Gasteiger partial charge in [-0.25, -0.2) is 9.63 Å². The summed E-state index contributed by atoms with van der Waals surface area (Å²) < 4.78 is 10.2. The molecule has 90 valence electrons. The van der Waals surface area contributed by atoms with Gasteiger partial charge in [-0.2, -0.15) is 0 Å². The van der Waals surface area contributed by atoms with Gasteiger partial charge in [0.25, 0.3) is 0 Å². The Labute approximate surface area is 95.2 Å². The van der Waals surface area contributed by atoms with E-state index < -0.39 is 11.2 Å². The molecule has 0 saturated heterocycles. The van der Waals surface area contributed by atoms with E-state index in [1.54, 1.807) is 18.2 Å². The molecule has 17 heavy (non-hydrogen) atoms. The maximum atomic E-state index is 10.8. The van der Waals surface area contributed by atoms with Gasteiger partial charge < -0.3 is 14.8 Å². The zero-order valence-corrected chi connectivity index (χ0v) is 8.54. The van der Waals surface area contributed by atoms with Gasteiger partial charge in [0.1, 0.15) is 0 Å². The van der Waals surface area contributed by atoms with Gasteiger partial charge in [-0.05, 0) is 17.7 Å². The van der Waals surface area contributed by atoms with Gasteiger partial charge in [0, 0.05) is 6.54 Å². The first-order chi connectivity index (χ1) is 8.15. The van der Waals surface area contributed by atoms with E-state index in [1.807, 2.05) is 0 Å². The molecule has 0 radical (unpaired) electrons. The Hall–Kier alpha value is -2.51. The highest BCUT2D eigenvalue weighted by molar-refractivity contribution is 5.66. The second kappa shape index (κ2) is 4.56. The number of benzene rings is 1. The van der Waals surface area contributed by atoms with Crippen molar-refractivity contribution in [1.29, 1.82) is 0 Å². The van der Waals surface area contributed by atoms with Crippen LogP contribution < -0.4 is 14.8 Å². The van der Waals surface area contributed by atoms with Crippen LogP contribution in [-0.4, -0.2) is 18.0 Å². The Morgan fingerprint density at radius 3 is 3.00 bits per heavy atom. The van der Waals surface area contributed by atoms with E-state index in [2.05, 4.69) is 10.2 Å². The van der Waals surface area contributed by atoms with E-state index in [9.17, 15) is 14.9 Å². The third kappa shape index (κ3) is 2.74. The van der Waals surface area contributed by atoms with Crippen molar-refractivity contribution in [1.82, 2.24) is 5.32 Å². The fraction of sp³-hybridized carbons (Fsp3) is 0.222. The van der Waals surface area contributed by atoms with Gasteiger partial charge in [-0.3, -0.25) is 0 Å². The highest BCUT2D eigenvalue weighted by Gasteiger charge is 2.13. The van der Waals surface area contributed by atoms with E-state index in [0.29, 0.717) is 11.5 Å². The predicted octanol–water partition coefficient (Wildman–Crippen LogP) is 0.833. The molecular formula is C9H8N2O6. The first-order valence-corrected chi connectivity index (χ1v) is 4.64. The Kier molecular flexibility index (Phi) is 2.95. The smallest absolute Gasteiger partial charge is 0.396 e. The number of nitrogens with zero attached hydrogens (tertiary/aromatic N) is 1. The number of nitrogens with one attached hydrogen (secondary N) is 1. The number of fused-ring (bicyclic) bond motifs is 1. The Bertz CT molecular complexity index is 461. The Morgan fingerprint density at radius 2 is 2.24 bits per heavy atom. The third-order valence-electron chi connectivity index (χ3n) is 2.03. The number of rotatable bonds is 3. The molecule has 8 heteroatoms. The van der Waals surface area contributed by atoms with E-state index in [-0.39, 0.29) is 13.3 Å². The number of amides is 1. The lowest BCUT2D eigenvalue weighted by molar-refractivity contribution is -0.727. The molecule has 1 aliphatic rings. The van der Waals surface area contributed by atoms with Crippen LogP contribution in [0.15, 0.2) is 18.2 Å². The minimum absolute atomic E-state index is 0.101. The van der Waals surface area contributed by atoms with Gasteiger partial charge in [0.2, 0.25) is 6.79 Å². The zero-order chi connectivity index (χ0) is 12.3. The summed E-state index contributed by atoms with van der Waals surface area (Å²) in [7, 11) is 0. The molecule has 0 unspecified atom stereocenters. The van der Waals surface area contributed by atoms with Crippen molar-refractivity contribution in [3.8, 4) is 11.5 Å². The van der Waals surface area contributed by atoms with Crippen LogP contribution in [0.4, 0.5) is 4.79 Å². The van der Waals surface area contributed by atoms with E-state index >= 15 is 0 Å². The number of carbonyl (C=O) groups is 1. The third-order valence-corrected chi connectivity index (χ3v) is 2.03. The summed E-state index contributed by atoms with van der Waals surface area (Å²) >= 11 is 0. The summed E-state index contributed by atoms with van der Waals surface area (Å²) in [5.41, 5.74) is 0.717. The van der Waals surface area contributed by atoms with Gasteiger partial charge in [-0.1, -0.05) is 6.07 Å². The zero-order valence-electron chi connectivity index (χ0n) is 8.54. The average Bonchev–Trinajstić information content (AvgIpc) is 2.72. The van der Waals surface area contributed by atoms with E-state index in [0.717, 1.165) is 5.56 Å².